The minimum Gasteiger partial charge on any atom is -0.311 e. The lowest BCUT2D eigenvalue weighted by molar-refractivity contribution is 0.327. The molecule has 118 valence electrons. The van der Waals surface area contributed by atoms with E-state index in [0.29, 0.717) is 6.04 Å². The van der Waals surface area contributed by atoms with Gasteiger partial charge < -0.3 is 10.2 Å². The molecule has 2 fully saturated rings. The maximum atomic E-state index is 4.77. The molecule has 4 nitrogen and oxygen atoms in total. The Morgan fingerprint density at radius 3 is 2.86 bits per heavy atom. The summed E-state index contributed by atoms with van der Waals surface area (Å²) in [5.74, 6) is 0.824. The fourth-order valence-electron chi connectivity index (χ4n) is 3.79. The van der Waals surface area contributed by atoms with E-state index in [0.717, 1.165) is 19.0 Å². The first kappa shape index (κ1) is 15.0. The summed E-state index contributed by atoms with van der Waals surface area (Å²) in [6, 6.07) is 2.84. The van der Waals surface area contributed by atoms with Gasteiger partial charge in [-0.2, -0.15) is 5.10 Å². The molecule has 1 aromatic rings. The predicted octanol–water partition coefficient (Wildman–Crippen LogP) is 2.82. The first-order chi connectivity index (χ1) is 10.3. The maximum Gasteiger partial charge on any atom is 0.0762 e. The van der Waals surface area contributed by atoms with Crippen molar-refractivity contribution < 1.29 is 0 Å². The van der Waals surface area contributed by atoms with Gasteiger partial charge in [0.2, 0.25) is 0 Å². The predicted molar refractivity (Wildman–Crippen MR) is 86.3 cm³/mol. The van der Waals surface area contributed by atoms with Crippen LogP contribution in [0.3, 0.4) is 0 Å². The lowest BCUT2D eigenvalue weighted by Crippen LogP contribution is -2.26. The van der Waals surface area contributed by atoms with Crippen LogP contribution in [0.5, 0.6) is 0 Å². The van der Waals surface area contributed by atoms with Crippen molar-refractivity contribution in [1.29, 1.82) is 0 Å². The smallest absolute Gasteiger partial charge is 0.0762 e. The fourth-order valence-corrected chi connectivity index (χ4v) is 3.79. The average Bonchev–Trinajstić information content (AvgIpc) is 3.17. The number of nitrogens with one attached hydrogen (secondary N) is 1. The van der Waals surface area contributed by atoms with E-state index in [2.05, 4.69) is 34.1 Å². The van der Waals surface area contributed by atoms with E-state index in [1.165, 1.54) is 63.9 Å². The zero-order chi connectivity index (χ0) is 14.5. The second kappa shape index (κ2) is 7.41. The number of rotatable bonds is 6. The van der Waals surface area contributed by atoms with Gasteiger partial charge in [-0.1, -0.05) is 26.2 Å². The quantitative estimate of drug-likeness (QED) is 0.874. The normalized spacial score (nSPS) is 24.7. The molecule has 3 rings (SSSR count). The molecule has 2 heterocycles. The van der Waals surface area contributed by atoms with Crippen LogP contribution < -0.4 is 5.32 Å². The summed E-state index contributed by atoms with van der Waals surface area (Å²) in [6.07, 6.45) is 10.3. The minimum atomic E-state index is 0.653. The Morgan fingerprint density at radius 2 is 2.10 bits per heavy atom. The van der Waals surface area contributed by atoms with Crippen molar-refractivity contribution in [2.24, 2.45) is 5.92 Å². The van der Waals surface area contributed by atoms with Crippen molar-refractivity contribution in [2.45, 2.75) is 58.0 Å². The van der Waals surface area contributed by atoms with E-state index >= 15 is 0 Å². The lowest BCUT2D eigenvalue weighted by Gasteiger charge is -2.21. The van der Waals surface area contributed by atoms with Crippen LogP contribution in [0.1, 0.15) is 57.2 Å². The molecule has 0 bridgehead atoms. The Balaban J connectivity index is 1.40. The molecule has 0 amide bonds. The molecular formula is C17H30N4. The van der Waals surface area contributed by atoms with Gasteiger partial charge in [-0.05, 0) is 50.9 Å². The highest BCUT2D eigenvalue weighted by Gasteiger charge is 2.20. The van der Waals surface area contributed by atoms with Crippen LogP contribution >= 0.6 is 0 Å². The monoisotopic (exact) mass is 290 g/mol. The zero-order valence-corrected chi connectivity index (χ0v) is 13.4. The number of nitrogens with zero attached hydrogens (tertiary/aromatic N) is 3. The fraction of sp³-hybridized carbons (Fsp3) is 0.824. The summed E-state index contributed by atoms with van der Waals surface area (Å²) in [5, 5.41) is 8.37. The molecule has 0 radical (unpaired) electrons. The summed E-state index contributed by atoms with van der Waals surface area (Å²) in [7, 11) is 0. The molecule has 21 heavy (non-hydrogen) atoms. The van der Waals surface area contributed by atoms with Gasteiger partial charge in [-0.25, -0.2) is 0 Å². The number of likely N-dealkylation sites (tertiary alicyclic amines) is 1. The molecule has 2 aliphatic rings. The van der Waals surface area contributed by atoms with Gasteiger partial charge >= 0.3 is 0 Å². The van der Waals surface area contributed by atoms with E-state index in [-0.39, 0.29) is 0 Å². The van der Waals surface area contributed by atoms with E-state index in [1.54, 1.807) is 0 Å². The van der Waals surface area contributed by atoms with Gasteiger partial charge in [0.25, 0.3) is 0 Å². The Morgan fingerprint density at radius 1 is 1.24 bits per heavy atom. The van der Waals surface area contributed by atoms with Gasteiger partial charge in [0.1, 0.15) is 0 Å². The molecule has 1 aromatic heterocycles. The third-order valence-electron chi connectivity index (χ3n) is 5.17. The van der Waals surface area contributed by atoms with Crippen LogP contribution in [0, 0.1) is 5.92 Å². The standard InChI is InChI=1S/C17H30N4/c1-2-20-10-8-15(14-20)12-18-13-16-9-11-21(19-16)17-6-4-3-5-7-17/h9,11,15,17-18H,2-8,10,12-14H2,1H3. The molecule has 1 saturated carbocycles. The third-order valence-corrected chi connectivity index (χ3v) is 5.17. The van der Waals surface area contributed by atoms with Crippen LogP contribution in [0.25, 0.3) is 0 Å². The summed E-state index contributed by atoms with van der Waals surface area (Å²) in [4.78, 5) is 2.55. The van der Waals surface area contributed by atoms with Crippen molar-refractivity contribution in [3.05, 3.63) is 18.0 Å². The molecular weight excluding hydrogens is 260 g/mol. The molecule has 1 saturated heterocycles. The van der Waals surface area contributed by atoms with Crippen molar-refractivity contribution in [3.8, 4) is 0 Å². The van der Waals surface area contributed by atoms with Gasteiger partial charge in [0.15, 0.2) is 0 Å². The highest BCUT2D eigenvalue weighted by molar-refractivity contribution is 4.99. The van der Waals surface area contributed by atoms with Crippen molar-refractivity contribution >= 4 is 0 Å². The number of hydrogen-bond acceptors (Lipinski definition) is 3. The Bertz CT molecular complexity index is 422. The van der Waals surface area contributed by atoms with Crippen LogP contribution in [0.15, 0.2) is 12.3 Å². The van der Waals surface area contributed by atoms with Gasteiger partial charge in [0, 0.05) is 19.3 Å². The minimum absolute atomic E-state index is 0.653. The van der Waals surface area contributed by atoms with Gasteiger partial charge in [-0.15, -0.1) is 0 Å². The van der Waals surface area contributed by atoms with E-state index in [1.807, 2.05) is 0 Å². The Kier molecular flexibility index (Phi) is 5.31. The van der Waals surface area contributed by atoms with E-state index < -0.39 is 0 Å². The van der Waals surface area contributed by atoms with Gasteiger partial charge in [0.05, 0.1) is 11.7 Å². The first-order valence-electron chi connectivity index (χ1n) is 8.82. The third kappa shape index (κ3) is 4.07. The molecule has 0 aromatic carbocycles. The second-order valence-corrected chi connectivity index (χ2v) is 6.76. The second-order valence-electron chi connectivity index (χ2n) is 6.76. The zero-order valence-electron chi connectivity index (χ0n) is 13.4. The van der Waals surface area contributed by atoms with Crippen LogP contribution in [0.2, 0.25) is 0 Å². The van der Waals surface area contributed by atoms with Crippen LogP contribution in [-0.2, 0) is 6.54 Å². The molecule has 1 aliphatic heterocycles. The van der Waals surface area contributed by atoms with Gasteiger partial charge in [-0.3, -0.25) is 4.68 Å². The van der Waals surface area contributed by atoms with Crippen LogP contribution in [-0.4, -0.2) is 40.9 Å². The van der Waals surface area contributed by atoms with E-state index in [4.69, 9.17) is 5.10 Å². The van der Waals surface area contributed by atoms with Crippen molar-refractivity contribution in [1.82, 2.24) is 20.0 Å². The molecule has 1 N–H and O–H groups in total. The molecule has 4 heteroatoms. The molecule has 0 spiro atoms. The van der Waals surface area contributed by atoms with Crippen LogP contribution in [0.4, 0.5) is 0 Å². The Labute approximate surface area is 128 Å². The average molecular weight is 290 g/mol. The number of hydrogen-bond donors (Lipinski definition) is 1. The highest BCUT2D eigenvalue weighted by atomic mass is 15.3. The van der Waals surface area contributed by atoms with Crippen molar-refractivity contribution in [2.75, 3.05) is 26.2 Å². The van der Waals surface area contributed by atoms with E-state index in [9.17, 15) is 0 Å². The number of aromatic nitrogens is 2. The SMILES string of the molecule is CCN1CCC(CNCc2ccn(C3CCCCC3)n2)C1. The maximum absolute atomic E-state index is 4.77. The molecule has 1 unspecified atom stereocenters. The first-order valence-corrected chi connectivity index (χ1v) is 8.82. The summed E-state index contributed by atoms with van der Waals surface area (Å²) in [6.45, 7) is 8.05. The van der Waals surface area contributed by atoms with Crippen molar-refractivity contribution in [3.63, 3.8) is 0 Å². The molecule has 1 aliphatic carbocycles. The highest BCUT2D eigenvalue weighted by Crippen LogP contribution is 2.27. The summed E-state index contributed by atoms with van der Waals surface area (Å²) in [5.41, 5.74) is 1.20. The largest absolute Gasteiger partial charge is 0.311 e. The molecule has 1 atom stereocenters. The summed E-state index contributed by atoms with van der Waals surface area (Å²) >= 11 is 0. The topological polar surface area (TPSA) is 33.1 Å². The Hall–Kier alpha value is -0.870. The summed E-state index contributed by atoms with van der Waals surface area (Å²) < 4.78 is 2.21. The lowest BCUT2D eigenvalue weighted by atomic mass is 9.96.